The minimum Gasteiger partial charge on any atom is -0.497 e. The minimum absolute atomic E-state index is 0.193. The van der Waals surface area contributed by atoms with Gasteiger partial charge in [0.15, 0.2) is 0 Å². The van der Waals surface area contributed by atoms with Crippen LogP contribution < -0.4 is 20.1 Å². The SMILES string of the molecule is COc1cc(NC2(C)CCNC2)cc(OC(F)(F)F)c1. The van der Waals surface area contributed by atoms with Crippen molar-refractivity contribution in [3.8, 4) is 11.5 Å². The zero-order valence-corrected chi connectivity index (χ0v) is 11.3. The van der Waals surface area contributed by atoms with Crippen molar-refractivity contribution in [2.45, 2.75) is 25.2 Å². The van der Waals surface area contributed by atoms with Crippen LogP contribution in [-0.2, 0) is 0 Å². The maximum absolute atomic E-state index is 12.3. The van der Waals surface area contributed by atoms with Crippen molar-refractivity contribution in [2.24, 2.45) is 0 Å². The summed E-state index contributed by atoms with van der Waals surface area (Å²) >= 11 is 0. The average Bonchev–Trinajstić information content (AvgIpc) is 2.72. The van der Waals surface area contributed by atoms with E-state index >= 15 is 0 Å². The van der Waals surface area contributed by atoms with Gasteiger partial charge in [-0.15, -0.1) is 13.2 Å². The molecule has 1 fully saturated rings. The number of rotatable bonds is 4. The zero-order valence-electron chi connectivity index (χ0n) is 11.3. The minimum atomic E-state index is -4.72. The van der Waals surface area contributed by atoms with Crippen LogP contribution in [0.5, 0.6) is 11.5 Å². The predicted molar refractivity (Wildman–Crippen MR) is 69.2 cm³/mol. The van der Waals surface area contributed by atoms with E-state index in [4.69, 9.17) is 4.74 Å². The highest BCUT2D eigenvalue weighted by molar-refractivity contribution is 5.55. The lowest BCUT2D eigenvalue weighted by Crippen LogP contribution is -2.36. The molecule has 1 aromatic rings. The monoisotopic (exact) mass is 290 g/mol. The van der Waals surface area contributed by atoms with Gasteiger partial charge < -0.3 is 20.1 Å². The Morgan fingerprint density at radius 1 is 1.25 bits per heavy atom. The van der Waals surface area contributed by atoms with Crippen molar-refractivity contribution in [2.75, 3.05) is 25.5 Å². The van der Waals surface area contributed by atoms with E-state index in [-0.39, 0.29) is 11.3 Å². The molecule has 7 heteroatoms. The molecule has 4 nitrogen and oxygen atoms in total. The summed E-state index contributed by atoms with van der Waals surface area (Å²) in [4.78, 5) is 0. The van der Waals surface area contributed by atoms with Crippen LogP contribution in [0, 0.1) is 0 Å². The Labute approximate surface area is 115 Å². The first-order valence-corrected chi connectivity index (χ1v) is 6.23. The number of benzene rings is 1. The van der Waals surface area contributed by atoms with Gasteiger partial charge in [0.05, 0.1) is 7.11 Å². The van der Waals surface area contributed by atoms with E-state index in [0.29, 0.717) is 11.4 Å². The first-order chi connectivity index (χ1) is 9.30. The van der Waals surface area contributed by atoms with Crippen molar-refractivity contribution in [3.63, 3.8) is 0 Å². The highest BCUT2D eigenvalue weighted by atomic mass is 19.4. The van der Waals surface area contributed by atoms with E-state index in [1.807, 2.05) is 6.92 Å². The lowest BCUT2D eigenvalue weighted by Gasteiger charge is -2.26. The van der Waals surface area contributed by atoms with Crippen LogP contribution in [-0.4, -0.2) is 32.1 Å². The Bertz CT molecular complexity index is 471. The van der Waals surface area contributed by atoms with Gasteiger partial charge in [-0.3, -0.25) is 0 Å². The lowest BCUT2D eigenvalue weighted by atomic mass is 10.0. The molecule has 0 aromatic heterocycles. The predicted octanol–water partition coefficient (Wildman–Crippen LogP) is 2.76. The number of methoxy groups -OCH3 is 1. The standard InChI is InChI=1S/C13H17F3N2O2/c1-12(3-4-17-8-12)18-9-5-10(19-2)7-11(6-9)20-13(14,15)16/h5-7,17-18H,3-4,8H2,1-2H3. The number of ether oxygens (including phenoxy) is 2. The molecule has 20 heavy (non-hydrogen) atoms. The summed E-state index contributed by atoms with van der Waals surface area (Å²) < 4.78 is 45.8. The summed E-state index contributed by atoms with van der Waals surface area (Å²) in [6.07, 6.45) is -3.83. The largest absolute Gasteiger partial charge is 0.573 e. The van der Waals surface area contributed by atoms with E-state index in [9.17, 15) is 13.2 Å². The number of anilines is 1. The van der Waals surface area contributed by atoms with Gasteiger partial charge in [-0.25, -0.2) is 0 Å². The van der Waals surface area contributed by atoms with Gasteiger partial charge in [-0.1, -0.05) is 0 Å². The molecular formula is C13H17F3N2O2. The number of nitrogens with one attached hydrogen (secondary N) is 2. The van der Waals surface area contributed by atoms with Crippen molar-refractivity contribution in [1.82, 2.24) is 5.32 Å². The molecule has 112 valence electrons. The molecule has 0 radical (unpaired) electrons. The summed E-state index contributed by atoms with van der Waals surface area (Å²) in [5, 5.41) is 6.44. The number of hydrogen-bond donors (Lipinski definition) is 2. The Morgan fingerprint density at radius 2 is 1.95 bits per heavy atom. The first kappa shape index (κ1) is 14.8. The van der Waals surface area contributed by atoms with E-state index in [1.54, 1.807) is 6.07 Å². The van der Waals surface area contributed by atoms with Gasteiger partial charge in [0.25, 0.3) is 0 Å². The Balaban J connectivity index is 2.21. The van der Waals surface area contributed by atoms with Crippen LogP contribution in [0.4, 0.5) is 18.9 Å². The number of halogens is 3. The summed E-state index contributed by atoms with van der Waals surface area (Å²) in [6.45, 7) is 3.63. The molecule has 2 rings (SSSR count). The quantitative estimate of drug-likeness (QED) is 0.895. The van der Waals surface area contributed by atoms with Crippen LogP contribution in [0.1, 0.15) is 13.3 Å². The molecule has 0 bridgehead atoms. The highest BCUT2D eigenvalue weighted by Gasteiger charge is 2.32. The van der Waals surface area contributed by atoms with Gasteiger partial charge >= 0.3 is 6.36 Å². The fourth-order valence-corrected chi connectivity index (χ4v) is 2.23. The third kappa shape index (κ3) is 3.93. The Hall–Kier alpha value is -1.63. The van der Waals surface area contributed by atoms with Crippen molar-refractivity contribution in [3.05, 3.63) is 18.2 Å². The second-order valence-corrected chi connectivity index (χ2v) is 5.06. The fourth-order valence-electron chi connectivity index (χ4n) is 2.23. The van der Waals surface area contributed by atoms with Crippen molar-refractivity contribution in [1.29, 1.82) is 0 Å². The second kappa shape index (κ2) is 5.40. The van der Waals surface area contributed by atoms with Crippen molar-refractivity contribution < 1.29 is 22.6 Å². The third-order valence-electron chi connectivity index (χ3n) is 3.16. The van der Waals surface area contributed by atoms with Gasteiger partial charge in [0, 0.05) is 36.0 Å². The van der Waals surface area contributed by atoms with Gasteiger partial charge in [-0.05, 0) is 19.9 Å². The fraction of sp³-hybridized carbons (Fsp3) is 0.538. The second-order valence-electron chi connectivity index (χ2n) is 5.06. The Morgan fingerprint density at radius 3 is 2.50 bits per heavy atom. The molecule has 0 spiro atoms. The van der Waals surface area contributed by atoms with E-state index in [1.165, 1.54) is 19.2 Å². The number of hydrogen-bond acceptors (Lipinski definition) is 4. The molecule has 0 saturated carbocycles. The molecule has 0 aliphatic carbocycles. The average molecular weight is 290 g/mol. The summed E-state index contributed by atoms with van der Waals surface area (Å²) in [5.41, 5.74) is 0.344. The molecule has 1 saturated heterocycles. The molecule has 1 aliphatic heterocycles. The highest BCUT2D eigenvalue weighted by Crippen LogP contribution is 2.32. The summed E-state index contributed by atoms with van der Waals surface area (Å²) in [7, 11) is 1.40. The molecule has 1 heterocycles. The Kier molecular flexibility index (Phi) is 3.99. The maximum atomic E-state index is 12.3. The molecule has 1 unspecified atom stereocenters. The van der Waals surface area contributed by atoms with Gasteiger partial charge in [0.1, 0.15) is 11.5 Å². The van der Waals surface area contributed by atoms with Crippen LogP contribution in [0.15, 0.2) is 18.2 Å². The van der Waals surface area contributed by atoms with Crippen LogP contribution in [0.3, 0.4) is 0 Å². The molecule has 1 aromatic carbocycles. The molecular weight excluding hydrogens is 273 g/mol. The van der Waals surface area contributed by atoms with E-state index < -0.39 is 6.36 Å². The number of alkyl halides is 3. The van der Waals surface area contributed by atoms with Crippen LogP contribution >= 0.6 is 0 Å². The van der Waals surface area contributed by atoms with E-state index in [0.717, 1.165) is 19.5 Å². The normalized spacial score (nSPS) is 22.6. The summed E-state index contributed by atoms with van der Waals surface area (Å²) in [6, 6.07) is 4.17. The topological polar surface area (TPSA) is 42.5 Å². The lowest BCUT2D eigenvalue weighted by molar-refractivity contribution is -0.274. The van der Waals surface area contributed by atoms with Crippen LogP contribution in [0.25, 0.3) is 0 Å². The maximum Gasteiger partial charge on any atom is 0.573 e. The van der Waals surface area contributed by atoms with Gasteiger partial charge in [-0.2, -0.15) is 0 Å². The summed E-state index contributed by atoms with van der Waals surface area (Å²) in [5.74, 6) is 0.0118. The molecule has 1 aliphatic rings. The van der Waals surface area contributed by atoms with E-state index in [2.05, 4.69) is 15.4 Å². The van der Waals surface area contributed by atoms with Crippen LogP contribution in [0.2, 0.25) is 0 Å². The molecule has 1 atom stereocenters. The first-order valence-electron chi connectivity index (χ1n) is 6.23. The molecule has 2 N–H and O–H groups in total. The molecule has 0 amide bonds. The third-order valence-corrected chi connectivity index (χ3v) is 3.16. The van der Waals surface area contributed by atoms with Gasteiger partial charge in [0.2, 0.25) is 0 Å². The smallest absolute Gasteiger partial charge is 0.497 e. The van der Waals surface area contributed by atoms with Crippen molar-refractivity contribution >= 4 is 5.69 Å². The zero-order chi connectivity index (χ0) is 14.8.